The molecule has 0 unspecified atom stereocenters. The van der Waals surface area contributed by atoms with Crippen LogP contribution in [-0.4, -0.2) is 11.7 Å². The predicted octanol–water partition coefficient (Wildman–Crippen LogP) is 4.20. The van der Waals surface area contributed by atoms with Crippen LogP contribution in [-0.2, 0) is 12.8 Å². The molecule has 1 aromatic carbocycles. The van der Waals surface area contributed by atoms with Crippen LogP contribution in [0.3, 0.4) is 0 Å². The maximum absolute atomic E-state index is 7.94. The van der Waals surface area contributed by atoms with Crippen LogP contribution in [0.15, 0.2) is 17.1 Å². The zero-order valence-electron chi connectivity index (χ0n) is 13.3. The van der Waals surface area contributed by atoms with Gasteiger partial charge in [0.15, 0.2) is 5.84 Å². The zero-order valence-corrected chi connectivity index (χ0v) is 13.3. The molecular weight excluding hydrogens is 258 g/mol. The molecule has 0 amide bonds. The molecule has 1 aromatic rings. The van der Waals surface area contributed by atoms with Crippen molar-refractivity contribution >= 4 is 11.7 Å². The van der Waals surface area contributed by atoms with Gasteiger partial charge in [0, 0.05) is 11.1 Å². The number of amidine groups is 2. The quantitative estimate of drug-likeness (QED) is 0.691. The van der Waals surface area contributed by atoms with Crippen molar-refractivity contribution in [3.8, 4) is 0 Å². The molecule has 0 atom stereocenters. The highest BCUT2D eigenvalue weighted by Crippen LogP contribution is 2.25. The molecule has 0 saturated carbocycles. The summed E-state index contributed by atoms with van der Waals surface area (Å²) in [6, 6.07) is 4.35. The van der Waals surface area contributed by atoms with E-state index in [0.717, 1.165) is 24.0 Å². The zero-order chi connectivity index (χ0) is 15.2. The van der Waals surface area contributed by atoms with E-state index < -0.39 is 0 Å². The minimum atomic E-state index is 0.319. The maximum atomic E-state index is 7.94. The number of rotatable bonds is 8. The Hall–Kier alpha value is -1.64. The van der Waals surface area contributed by atoms with Crippen LogP contribution >= 0.6 is 0 Å². The third-order valence-corrected chi connectivity index (χ3v) is 4.20. The number of nitrogens with two attached hydrogens (primary N) is 1. The SMILES string of the molecule is CCCCCc1cc2c(cc1CCCCC)C(N)=NC2=N. The van der Waals surface area contributed by atoms with E-state index in [1.807, 2.05) is 0 Å². The second-order valence-electron chi connectivity index (χ2n) is 5.93. The first-order valence-electron chi connectivity index (χ1n) is 8.26. The summed E-state index contributed by atoms with van der Waals surface area (Å²) in [7, 11) is 0. The van der Waals surface area contributed by atoms with Gasteiger partial charge >= 0.3 is 0 Å². The van der Waals surface area contributed by atoms with Crippen molar-refractivity contribution in [2.24, 2.45) is 10.7 Å². The van der Waals surface area contributed by atoms with Gasteiger partial charge in [-0.2, -0.15) is 0 Å². The Morgan fingerprint density at radius 3 is 1.95 bits per heavy atom. The van der Waals surface area contributed by atoms with Gasteiger partial charge in [0.05, 0.1) is 0 Å². The summed E-state index contributed by atoms with van der Waals surface area (Å²) >= 11 is 0. The van der Waals surface area contributed by atoms with Crippen molar-refractivity contribution in [3.63, 3.8) is 0 Å². The Bertz CT molecular complexity index is 544. The molecule has 3 N–H and O–H groups in total. The largest absolute Gasteiger partial charge is 0.383 e. The molecule has 1 aliphatic rings. The van der Waals surface area contributed by atoms with Crippen molar-refractivity contribution in [1.29, 1.82) is 5.41 Å². The normalized spacial score (nSPS) is 13.4. The Balaban J connectivity index is 2.24. The number of nitrogens with one attached hydrogen (secondary N) is 1. The van der Waals surface area contributed by atoms with Gasteiger partial charge in [0.2, 0.25) is 0 Å². The van der Waals surface area contributed by atoms with Gasteiger partial charge in [-0.05, 0) is 48.9 Å². The van der Waals surface area contributed by atoms with Crippen molar-refractivity contribution in [1.82, 2.24) is 0 Å². The van der Waals surface area contributed by atoms with E-state index in [0.29, 0.717) is 11.7 Å². The van der Waals surface area contributed by atoms with Gasteiger partial charge in [-0.25, -0.2) is 4.99 Å². The summed E-state index contributed by atoms with van der Waals surface area (Å²) in [6.45, 7) is 4.46. The first-order chi connectivity index (χ1) is 10.2. The van der Waals surface area contributed by atoms with Gasteiger partial charge in [-0.1, -0.05) is 39.5 Å². The molecule has 2 rings (SSSR count). The number of fused-ring (bicyclic) bond motifs is 1. The first kappa shape index (κ1) is 15.7. The summed E-state index contributed by atoms with van der Waals surface area (Å²) in [6.07, 6.45) is 9.68. The third-order valence-electron chi connectivity index (χ3n) is 4.20. The molecule has 3 nitrogen and oxygen atoms in total. The molecular formula is C18H27N3. The summed E-state index contributed by atoms with van der Waals surface area (Å²) < 4.78 is 0. The average Bonchev–Trinajstić information content (AvgIpc) is 2.74. The second kappa shape index (κ2) is 7.39. The Morgan fingerprint density at radius 2 is 1.43 bits per heavy atom. The Labute approximate surface area is 128 Å². The Kier molecular flexibility index (Phi) is 5.54. The number of aryl methyl sites for hydroxylation is 2. The van der Waals surface area contributed by atoms with Gasteiger partial charge < -0.3 is 5.73 Å². The molecule has 0 bridgehead atoms. The van der Waals surface area contributed by atoms with E-state index in [1.165, 1.54) is 49.7 Å². The van der Waals surface area contributed by atoms with E-state index >= 15 is 0 Å². The van der Waals surface area contributed by atoms with Crippen molar-refractivity contribution in [2.45, 2.75) is 65.2 Å². The lowest BCUT2D eigenvalue weighted by atomic mass is 9.92. The van der Waals surface area contributed by atoms with Crippen LogP contribution in [0, 0.1) is 5.41 Å². The van der Waals surface area contributed by atoms with Crippen LogP contribution in [0.2, 0.25) is 0 Å². The molecule has 0 fully saturated rings. The van der Waals surface area contributed by atoms with Crippen LogP contribution in [0.4, 0.5) is 0 Å². The molecule has 0 saturated heterocycles. The molecule has 0 spiro atoms. The fourth-order valence-electron chi connectivity index (χ4n) is 2.93. The van der Waals surface area contributed by atoms with Gasteiger partial charge in [0.1, 0.15) is 5.84 Å². The smallest absolute Gasteiger partial charge is 0.154 e. The lowest BCUT2D eigenvalue weighted by Gasteiger charge is -2.13. The number of nitrogens with zero attached hydrogens (tertiary/aromatic N) is 1. The standard InChI is InChI=1S/C18H27N3/c1-3-5-7-9-13-11-15-16(18(20)21-17(15)19)12-14(13)10-8-6-4-2/h11-12H,3-10H2,1-2H3,(H3,19,20,21). The highest BCUT2D eigenvalue weighted by molar-refractivity contribution is 6.21. The second-order valence-corrected chi connectivity index (χ2v) is 5.93. The highest BCUT2D eigenvalue weighted by atomic mass is 14.9. The van der Waals surface area contributed by atoms with E-state index in [-0.39, 0.29) is 0 Å². The number of hydrogen-bond acceptors (Lipinski definition) is 2. The number of aliphatic imine (C=N–C) groups is 1. The van der Waals surface area contributed by atoms with Gasteiger partial charge in [0.25, 0.3) is 0 Å². The minimum absolute atomic E-state index is 0.319. The van der Waals surface area contributed by atoms with Gasteiger partial charge in [-0.15, -0.1) is 0 Å². The monoisotopic (exact) mass is 285 g/mol. The molecule has 3 heteroatoms. The summed E-state index contributed by atoms with van der Waals surface area (Å²) in [5.41, 5.74) is 10.6. The van der Waals surface area contributed by atoms with Gasteiger partial charge in [-0.3, -0.25) is 5.41 Å². The van der Waals surface area contributed by atoms with Crippen LogP contribution in [0.25, 0.3) is 0 Å². The van der Waals surface area contributed by atoms with Crippen molar-refractivity contribution in [3.05, 3.63) is 34.4 Å². The Morgan fingerprint density at radius 1 is 0.905 bits per heavy atom. The molecule has 114 valence electrons. The van der Waals surface area contributed by atoms with E-state index in [1.54, 1.807) is 0 Å². The van der Waals surface area contributed by atoms with E-state index in [9.17, 15) is 0 Å². The number of unbranched alkanes of at least 4 members (excludes halogenated alkanes) is 4. The number of benzene rings is 1. The van der Waals surface area contributed by atoms with Crippen molar-refractivity contribution in [2.75, 3.05) is 0 Å². The topological polar surface area (TPSA) is 62.2 Å². The van der Waals surface area contributed by atoms with Crippen LogP contribution in [0.1, 0.15) is 74.6 Å². The fraction of sp³-hybridized carbons (Fsp3) is 0.556. The number of hydrogen-bond donors (Lipinski definition) is 2. The molecule has 0 radical (unpaired) electrons. The highest BCUT2D eigenvalue weighted by Gasteiger charge is 2.20. The first-order valence-corrected chi connectivity index (χ1v) is 8.26. The minimum Gasteiger partial charge on any atom is -0.383 e. The average molecular weight is 285 g/mol. The predicted molar refractivity (Wildman–Crippen MR) is 90.5 cm³/mol. The van der Waals surface area contributed by atoms with E-state index in [2.05, 4.69) is 31.0 Å². The lowest BCUT2D eigenvalue weighted by molar-refractivity contribution is 0.693. The van der Waals surface area contributed by atoms with Crippen LogP contribution in [0.5, 0.6) is 0 Å². The van der Waals surface area contributed by atoms with E-state index in [4.69, 9.17) is 11.1 Å². The summed E-state index contributed by atoms with van der Waals surface area (Å²) in [4.78, 5) is 4.11. The third kappa shape index (κ3) is 3.72. The summed E-state index contributed by atoms with van der Waals surface area (Å²) in [5.74, 6) is 0.825. The van der Waals surface area contributed by atoms with Crippen molar-refractivity contribution < 1.29 is 0 Å². The fourth-order valence-corrected chi connectivity index (χ4v) is 2.93. The molecule has 21 heavy (non-hydrogen) atoms. The maximum Gasteiger partial charge on any atom is 0.154 e. The van der Waals surface area contributed by atoms with Crippen LogP contribution < -0.4 is 5.73 Å². The molecule has 0 aromatic heterocycles. The molecule has 1 heterocycles. The summed E-state index contributed by atoms with van der Waals surface area (Å²) in [5, 5.41) is 7.94. The molecule has 1 aliphatic heterocycles. The molecule has 0 aliphatic carbocycles. The lowest BCUT2D eigenvalue weighted by Crippen LogP contribution is -2.11.